The van der Waals surface area contributed by atoms with Gasteiger partial charge >= 0.3 is 0 Å². The van der Waals surface area contributed by atoms with Gasteiger partial charge in [0, 0.05) is 25.3 Å². The Morgan fingerprint density at radius 2 is 1.94 bits per heavy atom. The van der Waals surface area contributed by atoms with Gasteiger partial charge in [0.25, 0.3) is 11.8 Å². The van der Waals surface area contributed by atoms with E-state index >= 15 is 0 Å². The first-order chi connectivity index (χ1) is 8.04. The zero-order chi connectivity index (χ0) is 12.6. The van der Waals surface area contributed by atoms with Crippen LogP contribution in [0.15, 0.2) is 18.2 Å². The van der Waals surface area contributed by atoms with Gasteiger partial charge in [0.15, 0.2) is 0 Å². The average molecular weight is 233 g/mol. The number of benzene rings is 1. The monoisotopic (exact) mass is 233 g/mol. The lowest BCUT2D eigenvalue weighted by atomic mass is 10.1. The van der Waals surface area contributed by atoms with E-state index in [0.29, 0.717) is 17.7 Å². The Balaban J connectivity index is 2.33. The van der Waals surface area contributed by atoms with Gasteiger partial charge in [-0.25, -0.2) is 0 Å². The van der Waals surface area contributed by atoms with Gasteiger partial charge in [-0.1, -0.05) is 0 Å². The van der Waals surface area contributed by atoms with Crippen LogP contribution in [0.25, 0.3) is 0 Å². The SMILES string of the molecule is CC(CN)Nc1ccc2c(c1)C(=O)N(C)C2=O. The number of carbonyl (C=O) groups excluding carboxylic acids is 2. The minimum Gasteiger partial charge on any atom is -0.381 e. The van der Waals surface area contributed by atoms with Crippen molar-refractivity contribution in [3.05, 3.63) is 29.3 Å². The van der Waals surface area contributed by atoms with Crippen LogP contribution < -0.4 is 11.1 Å². The average Bonchev–Trinajstić information content (AvgIpc) is 2.54. The Kier molecular flexibility index (Phi) is 2.85. The molecule has 1 aliphatic rings. The van der Waals surface area contributed by atoms with Gasteiger partial charge in [-0.3, -0.25) is 14.5 Å². The second-order valence-corrected chi connectivity index (χ2v) is 4.21. The van der Waals surface area contributed by atoms with Crippen LogP contribution in [0.5, 0.6) is 0 Å². The van der Waals surface area contributed by atoms with Crippen molar-refractivity contribution in [1.29, 1.82) is 0 Å². The van der Waals surface area contributed by atoms with Crippen LogP contribution in [0.1, 0.15) is 27.6 Å². The maximum atomic E-state index is 11.8. The maximum absolute atomic E-state index is 11.8. The minimum atomic E-state index is -0.256. The second-order valence-electron chi connectivity index (χ2n) is 4.21. The quantitative estimate of drug-likeness (QED) is 0.752. The zero-order valence-electron chi connectivity index (χ0n) is 9.86. The summed E-state index contributed by atoms with van der Waals surface area (Å²) >= 11 is 0. The number of nitrogens with one attached hydrogen (secondary N) is 1. The molecule has 1 aromatic carbocycles. The highest BCUT2D eigenvalue weighted by molar-refractivity contribution is 6.21. The first-order valence-electron chi connectivity index (χ1n) is 5.47. The van der Waals surface area contributed by atoms with E-state index in [4.69, 9.17) is 5.73 Å². The number of carbonyl (C=O) groups is 2. The standard InChI is InChI=1S/C12H15N3O2/c1-7(6-13)14-8-3-4-9-10(5-8)12(17)15(2)11(9)16/h3-5,7,14H,6,13H2,1-2H3. The van der Waals surface area contributed by atoms with E-state index in [1.54, 1.807) is 18.2 Å². The molecule has 1 aromatic rings. The summed E-state index contributed by atoms with van der Waals surface area (Å²) in [5.74, 6) is -0.502. The van der Waals surface area contributed by atoms with Gasteiger partial charge in [0.1, 0.15) is 0 Å². The van der Waals surface area contributed by atoms with Gasteiger partial charge in [0.2, 0.25) is 0 Å². The molecule has 1 atom stereocenters. The maximum Gasteiger partial charge on any atom is 0.261 e. The fraction of sp³-hybridized carbons (Fsp3) is 0.333. The molecule has 0 saturated carbocycles. The summed E-state index contributed by atoms with van der Waals surface area (Å²) in [5.41, 5.74) is 7.23. The summed E-state index contributed by atoms with van der Waals surface area (Å²) in [5, 5.41) is 3.16. The van der Waals surface area contributed by atoms with Crippen LogP contribution >= 0.6 is 0 Å². The largest absolute Gasteiger partial charge is 0.381 e. The lowest BCUT2D eigenvalue weighted by Gasteiger charge is -2.13. The minimum absolute atomic E-state index is 0.123. The van der Waals surface area contributed by atoms with Crippen molar-refractivity contribution < 1.29 is 9.59 Å². The van der Waals surface area contributed by atoms with Crippen molar-refractivity contribution in [2.45, 2.75) is 13.0 Å². The van der Waals surface area contributed by atoms with Crippen molar-refractivity contribution in [2.75, 3.05) is 18.9 Å². The third-order valence-electron chi connectivity index (χ3n) is 2.86. The Bertz CT molecular complexity index is 485. The summed E-state index contributed by atoms with van der Waals surface area (Å²) in [6, 6.07) is 5.28. The molecule has 17 heavy (non-hydrogen) atoms. The Hall–Kier alpha value is -1.88. The van der Waals surface area contributed by atoms with E-state index in [0.717, 1.165) is 10.6 Å². The smallest absolute Gasteiger partial charge is 0.261 e. The third kappa shape index (κ3) is 1.89. The van der Waals surface area contributed by atoms with Crippen LogP contribution in [-0.4, -0.2) is 36.3 Å². The summed E-state index contributed by atoms with van der Waals surface area (Å²) in [7, 11) is 1.49. The van der Waals surface area contributed by atoms with E-state index in [-0.39, 0.29) is 17.9 Å². The number of imide groups is 1. The molecule has 90 valence electrons. The molecule has 0 fully saturated rings. The lowest BCUT2D eigenvalue weighted by molar-refractivity contribution is 0.0693. The van der Waals surface area contributed by atoms with E-state index in [1.807, 2.05) is 6.92 Å². The molecule has 0 spiro atoms. The molecule has 5 heteroatoms. The van der Waals surface area contributed by atoms with Gasteiger partial charge in [-0.05, 0) is 25.1 Å². The Morgan fingerprint density at radius 3 is 2.59 bits per heavy atom. The number of nitrogens with zero attached hydrogens (tertiary/aromatic N) is 1. The summed E-state index contributed by atoms with van der Waals surface area (Å²) in [6.07, 6.45) is 0. The first kappa shape index (κ1) is 11.6. The highest BCUT2D eigenvalue weighted by atomic mass is 16.2. The molecule has 1 unspecified atom stereocenters. The van der Waals surface area contributed by atoms with Crippen molar-refractivity contribution in [1.82, 2.24) is 4.90 Å². The van der Waals surface area contributed by atoms with Gasteiger partial charge in [-0.2, -0.15) is 0 Å². The first-order valence-corrected chi connectivity index (χ1v) is 5.47. The topological polar surface area (TPSA) is 75.4 Å². The molecule has 5 nitrogen and oxygen atoms in total. The molecule has 1 aliphatic heterocycles. The van der Waals surface area contributed by atoms with Gasteiger partial charge in [-0.15, -0.1) is 0 Å². The lowest BCUT2D eigenvalue weighted by Crippen LogP contribution is -2.25. The molecule has 0 bridgehead atoms. The number of hydrogen-bond donors (Lipinski definition) is 2. The molecule has 0 aromatic heterocycles. The van der Waals surface area contributed by atoms with Crippen LogP contribution in [0.3, 0.4) is 0 Å². The predicted molar refractivity (Wildman–Crippen MR) is 65.0 cm³/mol. The number of amides is 2. The fourth-order valence-corrected chi connectivity index (χ4v) is 1.79. The van der Waals surface area contributed by atoms with Gasteiger partial charge < -0.3 is 11.1 Å². The zero-order valence-corrected chi connectivity index (χ0v) is 9.86. The highest BCUT2D eigenvalue weighted by Gasteiger charge is 2.32. The predicted octanol–water partition coefficient (Wildman–Crippen LogP) is 0.672. The van der Waals surface area contributed by atoms with Crippen LogP contribution in [-0.2, 0) is 0 Å². The highest BCUT2D eigenvalue weighted by Crippen LogP contribution is 2.24. The molecular weight excluding hydrogens is 218 g/mol. The van der Waals surface area contributed by atoms with Crippen LogP contribution in [0, 0.1) is 0 Å². The second kappa shape index (κ2) is 4.18. The number of nitrogens with two attached hydrogens (primary N) is 1. The molecule has 0 aliphatic carbocycles. The Labute approximate surface area is 99.6 Å². The number of rotatable bonds is 3. The number of fused-ring (bicyclic) bond motifs is 1. The normalized spacial score (nSPS) is 16.1. The van der Waals surface area contributed by atoms with Gasteiger partial charge in [0.05, 0.1) is 11.1 Å². The summed E-state index contributed by atoms with van der Waals surface area (Å²) < 4.78 is 0. The van der Waals surface area contributed by atoms with E-state index < -0.39 is 0 Å². The van der Waals surface area contributed by atoms with Crippen molar-refractivity contribution in [3.63, 3.8) is 0 Å². The molecular formula is C12H15N3O2. The Morgan fingerprint density at radius 1 is 1.29 bits per heavy atom. The summed E-state index contributed by atoms with van der Waals surface area (Å²) in [6.45, 7) is 2.45. The number of hydrogen-bond acceptors (Lipinski definition) is 4. The van der Waals surface area contributed by atoms with E-state index in [1.165, 1.54) is 7.05 Å². The number of anilines is 1. The fourth-order valence-electron chi connectivity index (χ4n) is 1.79. The van der Waals surface area contributed by atoms with Crippen LogP contribution in [0.4, 0.5) is 5.69 Å². The molecule has 3 N–H and O–H groups in total. The van der Waals surface area contributed by atoms with Crippen molar-refractivity contribution in [3.8, 4) is 0 Å². The van der Waals surface area contributed by atoms with Crippen LogP contribution in [0.2, 0.25) is 0 Å². The molecule has 0 radical (unpaired) electrons. The molecule has 0 saturated heterocycles. The van der Waals surface area contributed by atoms with Crippen molar-refractivity contribution >= 4 is 17.5 Å². The molecule has 2 rings (SSSR count). The summed E-state index contributed by atoms with van der Waals surface area (Å²) in [4.78, 5) is 24.6. The third-order valence-corrected chi connectivity index (χ3v) is 2.86. The van der Waals surface area contributed by atoms with E-state index in [9.17, 15) is 9.59 Å². The van der Waals surface area contributed by atoms with Crippen molar-refractivity contribution in [2.24, 2.45) is 5.73 Å². The molecule has 2 amide bonds. The molecule has 1 heterocycles. The van der Waals surface area contributed by atoms with E-state index in [2.05, 4.69) is 5.32 Å².